The van der Waals surface area contributed by atoms with Crippen LogP contribution >= 0.6 is 15.9 Å². The van der Waals surface area contributed by atoms with Crippen LogP contribution in [0.1, 0.15) is 25.0 Å². The number of carbonyl (C=O) groups is 2. The van der Waals surface area contributed by atoms with E-state index >= 15 is 0 Å². The fraction of sp³-hybridized carbons (Fsp3) is 0.375. The maximum absolute atomic E-state index is 11.7. The molecule has 0 aromatic heterocycles. The lowest BCUT2D eigenvalue weighted by Crippen LogP contribution is -2.34. The van der Waals surface area contributed by atoms with Gasteiger partial charge in [0.2, 0.25) is 5.91 Å². The van der Waals surface area contributed by atoms with Gasteiger partial charge in [-0.2, -0.15) is 0 Å². The summed E-state index contributed by atoms with van der Waals surface area (Å²) >= 11 is 3.44. The molecule has 1 rings (SSSR count). The minimum atomic E-state index is -0.893. The Hall–Kier alpha value is -1.62. The number of nitrogens with one attached hydrogen (secondary N) is 1. The molecule has 21 heavy (non-hydrogen) atoms. The van der Waals surface area contributed by atoms with E-state index in [2.05, 4.69) is 21.2 Å². The third-order valence-corrected chi connectivity index (χ3v) is 3.88. The summed E-state index contributed by atoms with van der Waals surface area (Å²) < 4.78 is 0.914. The highest BCUT2D eigenvalue weighted by atomic mass is 79.9. The van der Waals surface area contributed by atoms with Gasteiger partial charge in [-0.15, -0.1) is 0 Å². The molecule has 0 fully saturated rings. The van der Waals surface area contributed by atoms with E-state index in [1.165, 1.54) is 6.08 Å². The Bertz CT molecular complexity index is 552. The van der Waals surface area contributed by atoms with Crippen LogP contribution in [0.2, 0.25) is 0 Å². The quantitative estimate of drug-likeness (QED) is 0.771. The molecule has 0 aliphatic rings. The summed E-state index contributed by atoms with van der Waals surface area (Å²) in [6, 6.07) is 5.84. The summed E-state index contributed by atoms with van der Waals surface area (Å²) in [5.74, 6) is -1.79. The van der Waals surface area contributed by atoms with Crippen LogP contribution in [0.15, 0.2) is 28.7 Å². The molecule has 1 atom stereocenters. The second-order valence-corrected chi connectivity index (χ2v) is 6.15. The predicted molar refractivity (Wildman–Crippen MR) is 86.9 cm³/mol. The molecule has 0 radical (unpaired) electrons. The Morgan fingerprint density at radius 2 is 2.05 bits per heavy atom. The zero-order chi connectivity index (χ0) is 16.0. The number of carbonyl (C=O) groups excluding carboxylic acids is 1. The van der Waals surface area contributed by atoms with Gasteiger partial charge in [0.25, 0.3) is 0 Å². The van der Waals surface area contributed by atoms with Gasteiger partial charge in [-0.1, -0.05) is 41.9 Å². The first-order valence-electron chi connectivity index (χ1n) is 6.76. The predicted octanol–water partition coefficient (Wildman–Crippen LogP) is 3.24. The van der Waals surface area contributed by atoms with Crippen molar-refractivity contribution in [1.29, 1.82) is 0 Å². The van der Waals surface area contributed by atoms with E-state index in [0.29, 0.717) is 0 Å². The second-order valence-electron chi connectivity index (χ2n) is 5.29. The van der Waals surface area contributed by atoms with Gasteiger partial charge >= 0.3 is 5.97 Å². The second kappa shape index (κ2) is 7.98. The molecule has 0 heterocycles. The van der Waals surface area contributed by atoms with Crippen molar-refractivity contribution in [1.82, 2.24) is 5.32 Å². The Morgan fingerprint density at radius 1 is 1.38 bits per heavy atom. The minimum Gasteiger partial charge on any atom is -0.481 e. The molecule has 1 unspecified atom stereocenters. The minimum absolute atomic E-state index is 0.0296. The van der Waals surface area contributed by atoms with Gasteiger partial charge in [0.15, 0.2) is 0 Å². The average molecular weight is 354 g/mol. The lowest BCUT2D eigenvalue weighted by Gasteiger charge is -2.15. The summed E-state index contributed by atoms with van der Waals surface area (Å²) in [6.45, 7) is 5.77. The maximum Gasteiger partial charge on any atom is 0.308 e. The first-order chi connectivity index (χ1) is 9.81. The summed E-state index contributed by atoms with van der Waals surface area (Å²) in [7, 11) is 0. The number of carboxylic acid groups (broad SMARTS) is 1. The molecule has 1 aromatic rings. The molecule has 1 aromatic carbocycles. The smallest absolute Gasteiger partial charge is 0.308 e. The first-order valence-corrected chi connectivity index (χ1v) is 7.55. The van der Waals surface area contributed by atoms with E-state index in [-0.39, 0.29) is 18.4 Å². The lowest BCUT2D eigenvalue weighted by atomic mass is 9.96. The van der Waals surface area contributed by atoms with Crippen molar-refractivity contribution < 1.29 is 14.7 Å². The molecule has 114 valence electrons. The number of rotatable bonds is 6. The van der Waals surface area contributed by atoms with Gasteiger partial charge in [0.05, 0.1) is 5.92 Å². The number of aliphatic carboxylic acids is 1. The Labute approximate surface area is 133 Å². The fourth-order valence-electron chi connectivity index (χ4n) is 1.81. The number of aryl methyl sites for hydroxylation is 1. The van der Waals surface area contributed by atoms with Crippen molar-refractivity contribution in [2.24, 2.45) is 11.8 Å². The number of halogens is 1. The van der Waals surface area contributed by atoms with Gasteiger partial charge in [0, 0.05) is 17.1 Å². The van der Waals surface area contributed by atoms with E-state index in [9.17, 15) is 9.59 Å². The maximum atomic E-state index is 11.7. The van der Waals surface area contributed by atoms with Gasteiger partial charge in [-0.05, 0) is 36.1 Å². The van der Waals surface area contributed by atoms with Gasteiger partial charge in [-0.3, -0.25) is 9.59 Å². The summed E-state index contributed by atoms with van der Waals surface area (Å²) in [4.78, 5) is 22.8. The summed E-state index contributed by atoms with van der Waals surface area (Å²) in [5, 5.41) is 11.7. The Morgan fingerprint density at radius 3 is 2.57 bits per heavy atom. The molecule has 5 heteroatoms. The summed E-state index contributed by atoms with van der Waals surface area (Å²) in [5.41, 5.74) is 2.03. The Balaban J connectivity index is 2.61. The Kier molecular flexibility index (Phi) is 6.62. The van der Waals surface area contributed by atoms with Gasteiger partial charge < -0.3 is 10.4 Å². The van der Waals surface area contributed by atoms with Crippen molar-refractivity contribution in [2.45, 2.75) is 20.8 Å². The number of amides is 1. The van der Waals surface area contributed by atoms with Crippen molar-refractivity contribution >= 4 is 33.9 Å². The number of hydrogen-bond acceptors (Lipinski definition) is 2. The van der Waals surface area contributed by atoms with E-state index in [4.69, 9.17) is 5.11 Å². The monoisotopic (exact) mass is 353 g/mol. The van der Waals surface area contributed by atoms with Crippen LogP contribution in [0.25, 0.3) is 6.08 Å². The number of carboxylic acids is 1. The van der Waals surface area contributed by atoms with Gasteiger partial charge in [-0.25, -0.2) is 0 Å². The molecule has 1 amide bonds. The highest BCUT2D eigenvalue weighted by Gasteiger charge is 2.21. The third kappa shape index (κ3) is 5.71. The number of benzene rings is 1. The highest BCUT2D eigenvalue weighted by molar-refractivity contribution is 9.10. The van der Waals surface area contributed by atoms with Crippen molar-refractivity contribution in [3.63, 3.8) is 0 Å². The molecule has 2 N–H and O–H groups in total. The van der Waals surface area contributed by atoms with Crippen LogP contribution in [0, 0.1) is 18.8 Å². The van der Waals surface area contributed by atoms with Crippen molar-refractivity contribution in [2.75, 3.05) is 6.54 Å². The molecule has 0 bridgehead atoms. The standard InChI is InChI=1S/C16H20BrNO3/c1-10(2)13(16(20)21)9-18-15(19)7-6-12-5-4-11(3)8-14(12)17/h4-8,10,13H,9H2,1-3H3,(H,18,19)(H,20,21). The molecule has 0 aliphatic carbocycles. The topological polar surface area (TPSA) is 66.4 Å². The number of hydrogen-bond donors (Lipinski definition) is 2. The lowest BCUT2D eigenvalue weighted by molar-refractivity contribution is -0.143. The van der Waals surface area contributed by atoms with Crippen LogP contribution in [0.5, 0.6) is 0 Å². The van der Waals surface area contributed by atoms with Crippen LogP contribution < -0.4 is 5.32 Å². The molecular weight excluding hydrogens is 334 g/mol. The van der Waals surface area contributed by atoms with Crippen molar-refractivity contribution in [3.05, 3.63) is 39.9 Å². The van der Waals surface area contributed by atoms with E-state index in [0.717, 1.165) is 15.6 Å². The van der Waals surface area contributed by atoms with E-state index in [1.807, 2.05) is 39.0 Å². The van der Waals surface area contributed by atoms with Crippen LogP contribution in [0.4, 0.5) is 0 Å². The molecule has 0 spiro atoms. The molecule has 4 nitrogen and oxygen atoms in total. The molecule has 0 saturated heterocycles. The van der Waals surface area contributed by atoms with E-state index in [1.54, 1.807) is 6.08 Å². The molecule has 0 aliphatic heterocycles. The molecule has 0 saturated carbocycles. The zero-order valence-corrected chi connectivity index (χ0v) is 14.0. The van der Waals surface area contributed by atoms with Gasteiger partial charge in [0.1, 0.15) is 0 Å². The first kappa shape index (κ1) is 17.4. The summed E-state index contributed by atoms with van der Waals surface area (Å²) in [6.07, 6.45) is 3.11. The molecular formula is C16H20BrNO3. The highest BCUT2D eigenvalue weighted by Crippen LogP contribution is 2.19. The largest absolute Gasteiger partial charge is 0.481 e. The van der Waals surface area contributed by atoms with Crippen LogP contribution in [-0.4, -0.2) is 23.5 Å². The average Bonchev–Trinajstić information content (AvgIpc) is 2.37. The SMILES string of the molecule is Cc1ccc(C=CC(=O)NCC(C(=O)O)C(C)C)c(Br)c1. The van der Waals surface area contributed by atoms with Crippen LogP contribution in [0.3, 0.4) is 0 Å². The van der Waals surface area contributed by atoms with E-state index < -0.39 is 11.9 Å². The normalized spacial score (nSPS) is 12.6. The fourth-order valence-corrected chi connectivity index (χ4v) is 2.44. The zero-order valence-electron chi connectivity index (χ0n) is 12.4. The van der Waals surface area contributed by atoms with Crippen LogP contribution in [-0.2, 0) is 9.59 Å². The van der Waals surface area contributed by atoms with Crippen molar-refractivity contribution in [3.8, 4) is 0 Å². The third-order valence-electron chi connectivity index (χ3n) is 3.19.